The van der Waals surface area contributed by atoms with E-state index in [1.807, 2.05) is 116 Å². The van der Waals surface area contributed by atoms with Crippen molar-refractivity contribution >= 4 is 42.7 Å². The molecule has 20 radical (unpaired) electrons. The van der Waals surface area contributed by atoms with Crippen LogP contribution < -0.4 is 10.5 Å². The average molecular weight is 935 g/mol. The molecule has 0 spiro atoms. The van der Waals surface area contributed by atoms with Crippen LogP contribution >= 0.6 is 0 Å². The third-order valence-corrected chi connectivity index (χ3v) is 14.9. The third-order valence-electron chi connectivity index (χ3n) is 7.90. The molecule has 7 rings (SSSR count). The Bertz CT molecular complexity index is 1390. The maximum atomic E-state index is 10.2. The van der Waals surface area contributed by atoms with Gasteiger partial charge in [0.2, 0.25) is 0 Å². The summed E-state index contributed by atoms with van der Waals surface area (Å²) in [4.78, 5) is 20.5. The molecule has 2 N–H and O–H groups in total. The number of carboxylic acid groups (broad SMARTS) is 2. The van der Waals surface area contributed by atoms with Gasteiger partial charge in [0.05, 0.1) is 0 Å². The van der Waals surface area contributed by atoms with Crippen LogP contribution in [-0.4, -0.2) is 42.4 Å². The van der Waals surface area contributed by atoms with Gasteiger partial charge in [-0.25, -0.2) is 9.59 Å². The fourth-order valence-corrected chi connectivity index (χ4v) is 11.4. The zero-order valence-corrected chi connectivity index (χ0v) is 37.1. The van der Waals surface area contributed by atoms with Gasteiger partial charge in [-0.1, -0.05) is 11.1 Å². The molecule has 0 amide bonds. The van der Waals surface area contributed by atoms with Gasteiger partial charge in [0.15, 0.2) is 0 Å². The fourth-order valence-electron chi connectivity index (χ4n) is 4.98. The van der Waals surface area contributed by atoms with E-state index in [1.165, 1.54) is 39.4 Å². The van der Waals surface area contributed by atoms with Crippen molar-refractivity contribution in [1.29, 1.82) is 0 Å². The number of hydrogen-bond acceptors (Lipinski definition) is 2. The molecule has 0 aromatic heterocycles. The first-order valence-corrected chi connectivity index (χ1v) is 21.5. The third kappa shape index (κ3) is 21.1. The summed E-state index contributed by atoms with van der Waals surface area (Å²) in [5, 5.41) is 16.8. The zero-order chi connectivity index (χ0) is 39.1. The SMILES string of the molecule is C/C(=C\C(=O)O)[C]1[CH][CH][CH][CH]1.C/C(=C\C(=O)O)[C]1[CH][CH][CH][CH]1.Cc1cc[c]([Sb]([c]2ccc(C)cc2)[c]2ccc(C)cc2)cc1.[CH]1[CH][CH][CH][CH]1.[CH]1[CH][CH][CH][CH]1.[Fe+2].[Fe+2]. The molecule has 0 heterocycles. The van der Waals surface area contributed by atoms with Gasteiger partial charge in [-0.05, 0) is 129 Å². The topological polar surface area (TPSA) is 74.6 Å². The average Bonchev–Trinajstić information content (AvgIpc) is 4.01. The van der Waals surface area contributed by atoms with E-state index in [2.05, 4.69) is 93.6 Å². The molecule has 0 unspecified atom stereocenters. The van der Waals surface area contributed by atoms with Gasteiger partial charge in [0, 0.05) is 24.0 Å². The quantitative estimate of drug-likeness (QED) is 0.186. The second-order valence-electron chi connectivity index (χ2n) is 12.4. The summed E-state index contributed by atoms with van der Waals surface area (Å²) in [5.41, 5.74) is 5.55. The number of aryl methyl sites for hydroxylation is 3. The number of rotatable bonds is 7. The van der Waals surface area contributed by atoms with Gasteiger partial charge >= 0.3 is 187 Å². The van der Waals surface area contributed by atoms with Crippen molar-refractivity contribution in [3.05, 3.63) is 240 Å². The summed E-state index contributed by atoms with van der Waals surface area (Å²) in [6.45, 7) is 10.0. The van der Waals surface area contributed by atoms with E-state index < -0.39 is 32.1 Å². The fraction of sp³-hybridized carbons (Fsp3) is 0.102. The van der Waals surface area contributed by atoms with Gasteiger partial charge in [-0.3, -0.25) is 0 Å². The minimum Gasteiger partial charge on any atom is -0.0312 e. The normalized spacial score (nSPS) is 16.7. The van der Waals surface area contributed by atoms with Crippen molar-refractivity contribution in [3.8, 4) is 0 Å². The molecule has 4 aliphatic carbocycles. The molecular formula is C49H49Fe2O4Sb+4. The second kappa shape index (κ2) is 30.0. The molecule has 3 aromatic carbocycles. The van der Waals surface area contributed by atoms with Crippen molar-refractivity contribution in [3.63, 3.8) is 0 Å². The molecule has 4 aliphatic rings. The van der Waals surface area contributed by atoms with Crippen LogP contribution in [0, 0.1) is 148 Å². The van der Waals surface area contributed by atoms with E-state index in [-0.39, 0.29) is 34.1 Å². The van der Waals surface area contributed by atoms with Crippen LogP contribution in [-0.2, 0) is 43.7 Å². The summed E-state index contributed by atoms with van der Waals surface area (Å²) >= 11 is -1.90. The molecule has 4 nitrogen and oxygen atoms in total. The minimum atomic E-state index is -1.90. The number of carboxylic acids is 2. The number of benzene rings is 3. The summed E-state index contributed by atoms with van der Waals surface area (Å²) in [6, 6.07) is 27.5. The van der Waals surface area contributed by atoms with Crippen LogP contribution in [0.1, 0.15) is 30.5 Å². The Kier molecular flexibility index (Phi) is 27.9. The van der Waals surface area contributed by atoms with E-state index >= 15 is 0 Å². The molecule has 3 aromatic rings. The number of carbonyl (C=O) groups is 2. The standard InChI is InChI=1S/2C9H9O2.3C7H7.2C5H5.2Fe.Sb/c2*1-7(6-9(10)11)8-4-2-3-5-8;3*1-7-5-3-2-4-6-7;2*1-2-4-5-3-1;;;/h2*2-6H,1H3,(H,10,11);3*3-6H,1H3;2*1-5H;;;/q;;;;;;;2*+2;/b2*7-6+;;;;;;;;. The molecule has 0 bridgehead atoms. The van der Waals surface area contributed by atoms with Crippen molar-refractivity contribution in [2.45, 2.75) is 34.6 Å². The molecule has 4 saturated carbocycles. The predicted molar refractivity (Wildman–Crippen MR) is 225 cm³/mol. The molecule has 4 fully saturated rings. The summed E-state index contributed by atoms with van der Waals surface area (Å²) < 4.78 is 4.59. The molecule has 0 atom stereocenters. The summed E-state index contributed by atoms with van der Waals surface area (Å²) in [5.74, 6) is 0.132. The van der Waals surface area contributed by atoms with Gasteiger partial charge < -0.3 is 10.2 Å². The minimum absolute atomic E-state index is 0. The molecule has 56 heavy (non-hydrogen) atoms. The van der Waals surface area contributed by atoms with Crippen LogP contribution in [0.2, 0.25) is 0 Å². The smallest absolute Gasteiger partial charge is 0.0312 e. The van der Waals surface area contributed by atoms with Crippen molar-refractivity contribution in [1.82, 2.24) is 0 Å². The molecular weight excluding hydrogens is 886 g/mol. The Morgan fingerprint density at radius 3 is 0.821 bits per heavy atom. The van der Waals surface area contributed by atoms with Crippen LogP contribution in [0.4, 0.5) is 0 Å². The van der Waals surface area contributed by atoms with Crippen molar-refractivity contribution in [2.75, 3.05) is 0 Å². The van der Waals surface area contributed by atoms with E-state index in [0.717, 1.165) is 23.0 Å². The molecule has 0 aliphatic heterocycles. The summed E-state index contributed by atoms with van der Waals surface area (Å²) in [7, 11) is 0. The van der Waals surface area contributed by atoms with Crippen LogP contribution in [0.5, 0.6) is 0 Å². The number of aliphatic carboxylic acids is 2. The zero-order valence-electron chi connectivity index (χ0n) is 32.3. The monoisotopic (exact) mass is 934 g/mol. The van der Waals surface area contributed by atoms with Crippen LogP contribution in [0.25, 0.3) is 0 Å². The first-order valence-electron chi connectivity index (χ1n) is 17.6. The maximum Gasteiger partial charge on any atom is 2.00 e. The molecule has 0 saturated heterocycles. The second-order valence-corrected chi connectivity index (χ2v) is 18.8. The number of allylic oxidation sites excluding steroid dienone is 2. The Hall–Kier alpha value is -2.06. The van der Waals surface area contributed by atoms with E-state index in [0.29, 0.717) is 0 Å². The van der Waals surface area contributed by atoms with Gasteiger partial charge in [-0.2, -0.15) is 0 Å². The van der Waals surface area contributed by atoms with Crippen LogP contribution in [0.3, 0.4) is 0 Å². The first-order chi connectivity index (χ1) is 26.0. The number of hydrogen-bond donors (Lipinski definition) is 2. The van der Waals surface area contributed by atoms with E-state index in [4.69, 9.17) is 10.2 Å². The van der Waals surface area contributed by atoms with E-state index in [1.54, 1.807) is 13.8 Å². The Balaban J connectivity index is 0.000000389. The van der Waals surface area contributed by atoms with Crippen molar-refractivity contribution < 1.29 is 53.9 Å². The largest absolute Gasteiger partial charge is 2.00 e. The van der Waals surface area contributed by atoms with Gasteiger partial charge in [0.1, 0.15) is 0 Å². The summed E-state index contributed by atoms with van der Waals surface area (Å²) in [6.07, 6.45) is 37.5. The van der Waals surface area contributed by atoms with Crippen molar-refractivity contribution in [2.24, 2.45) is 0 Å². The predicted octanol–water partition coefficient (Wildman–Crippen LogP) is 8.01. The van der Waals surface area contributed by atoms with E-state index in [9.17, 15) is 9.59 Å². The van der Waals surface area contributed by atoms with Gasteiger partial charge in [0.25, 0.3) is 0 Å². The molecule has 7 heteroatoms. The van der Waals surface area contributed by atoms with Crippen LogP contribution in [0.15, 0.2) is 96.1 Å². The first kappa shape index (κ1) is 52.0. The maximum absolute atomic E-state index is 10.2. The molecule has 286 valence electrons. The Morgan fingerprint density at radius 2 is 0.625 bits per heavy atom. The Labute approximate surface area is 368 Å². The van der Waals surface area contributed by atoms with Gasteiger partial charge in [-0.15, -0.1) is 0 Å². The Morgan fingerprint density at radius 1 is 0.411 bits per heavy atom.